The lowest BCUT2D eigenvalue weighted by Gasteiger charge is -2.58. The Hall–Kier alpha value is -1.56. The van der Waals surface area contributed by atoms with Gasteiger partial charge in [0.15, 0.2) is 6.61 Å². The molecule has 4 fully saturated rings. The van der Waals surface area contributed by atoms with Crippen LogP contribution in [0.3, 0.4) is 0 Å². The quantitative estimate of drug-likeness (QED) is 0.437. The first-order valence-corrected chi connectivity index (χ1v) is 12.0. The lowest BCUT2D eigenvalue weighted by atomic mass is 9.49. The largest absolute Gasteiger partial charge is 0.455 e. The van der Waals surface area contributed by atoms with E-state index in [0.29, 0.717) is 23.6 Å². The van der Waals surface area contributed by atoms with Gasteiger partial charge in [-0.2, -0.15) is 0 Å². The molecule has 30 heavy (non-hydrogen) atoms. The fraction of sp³-hybridized carbons (Fsp3) is 0.667. The summed E-state index contributed by atoms with van der Waals surface area (Å²) in [6.45, 7) is 7.16. The second-order valence-corrected chi connectivity index (χ2v) is 11.6. The summed E-state index contributed by atoms with van der Waals surface area (Å²) in [6.07, 6.45) is 6.26. The third-order valence-corrected chi connectivity index (χ3v) is 8.13. The second kappa shape index (κ2) is 8.18. The molecule has 5 rings (SSSR count). The summed E-state index contributed by atoms with van der Waals surface area (Å²) in [7, 11) is 0. The average Bonchev–Trinajstić information content (AvgIpc) is 2.65. The number of amides is 1. The first-order chi connectivity index (χ1) is 14.2. The van der Waals surface area contributed by atoms with Crippen LogP contribution in [0.25, 0.3) is 0 Å². The number of rotatable bonds is 7. The smallest absolute Gasteiger partial charge is 0.312 e. The number of esters is 1. The maximum Gasteiger partial charge on any atom is 0.312 e. The summed E-state index contributed by atoms with van der Waals surface area (Å²) in [5.74, 6) is 0.755. The number of alkyl halides is 1. The van der Waals surface area contributed by atoms with E-state index in [4.69, 9.17) is 4.74 Å². The third-order valence-electron chi connectivity index (χ3n) is 7.20. The zero-order valence-corrected chi connectivity index (χ0v) is 19.8. The highest BCUT2D eigenvalue weighted by molar-refractivity contribution is 9.10. The van der Waals surface area contributed by atoms with E-state index >= 15 is 0 Å². The molecule has 0 aromatic heterocycles. The van der Waals surface area contributed by atoms with Gasteiger partial charge in [0.2, 0.25) is 0 Å². The number of anilines is 2. The maximum absolute atomic E-state index is 13.0. The van der Waals surface area contributed by atoms with Gasteiger partial charge in [0.05, 0.1) is 5.41 Å². The Bertz CT molecular complexity index is 793. The van der Waals surface area contributed by atoms with E-state index in [2.05, 4.69) is 46.9 Å². The molecule has 1 amide bonds. The SMILES string of the molecule is CCN(c1ccc(NC(=O)COC(=O)C23CC4CC(CC(Br)(C4)C2)C3)cc1)C(C)C. The fourth-order valence-corrected chi connectivity index (χ4v) is 7.91. The molecule has 164 valence electrons. The molecule has 4 bridgehead atoms. The highest BCUT2D eigenvalue weighted by atomic mass is 79.9. The van der Waals surface area contributed by atoms with Crippen LogP contribution in [0.5, 0.6) is 0 Å². The normalized spacial score (nSPS) is 31.6. The summed E-state index contributed by atoms with van der Waals surface area (Å²) in [5, 5.41) is 2.85. The van der Waals surface area contributed by atoms with Crippen LogP contribution >= 0.6 is 15.9 Å². The summed E-state index contributed by atoms with van der Waals surface area (Å²) in [4.78, 5) is 27.7. The molecule has 0 spiro atoms. The van der Waals surface area contributed by atoms with Crippen LogP contribution in [0.1, 0.15) is 59.3 Å². The minimum Gasteiger partial charge on any atom is -0.455 e. The number of nitrogens with zero attached hydrogens (tertiary/aromatic N) is 1. The Morgan fingerprint density at radius 2 is 1.80 bits per heavy atom. The molecule has 2 atom stereocenters. The van der Waals surface area contributed by atoms with Gasteiger partial charge >= 0.3 is 5.97 Å². The lowest BCUT2D eigenvalue weighted by molar-refractivity contribution is -0.170. The molecule has 5 nitrogen and oxygen atoms in total. The van der Waals surface area contributed by atoms with Crippen molar-refractivity contribution < 1.29 is 14.3 Å². The minimum absolute atomic E-state index is 0.0997. The molecule has 0 saturated heterocycles. The molecule has 0 heterocycles. The van der Waals surface area contributed by atoms with E-state index in [1.54, 1.807) is 0 Å². The number of carbonyl (C=O) groups excluding carboxylic acids is 2. The van der Waals surface area contributed by atoms with E-state index in [0.717, 1.165) is 31.5 Å². The van der Waals surface area contributed by atoms with Gasteiger partial charge in [0.25, 0.3) is 5.91 Å². The van der Waals surface area contributed by atoms with Gasteiger partial charge in [-0.05, 0) is 95.4 Å². The molecule has 2 unspecified atom stereocenters. The number of hydrogen-bond acceptors (Lipinski definition) is 4. The number of halogens is 1. The lowest BCUT2D eigenvalue weighted by Crippen LogP contribution is -2.56. The van der Waals surface area contributed by atoms with Gasteiger partial charge in [-0.15, -0.1) is 0 Å². The molecule has 1 N–H and O–H groups in total. The first kappa shape index (κ1) is 21.7. The Labute approximate surface area is 188 Å². The fourth-order valence-electron chi connectivity index (χ4n) is 6.45. The van der Waals surface area contributed by atoms with E-state index in [-0.39, 0.29) is 22.8 Å². The first-order valence-electron chi connectivity index (χ1n) is 11.2. The maximum atomic E-state index is 13.0. The molecule has 4 saturated carbocycles. The highest BCUT2D eigenvalue weighted by Gasteiger charge is 2.60. The van der Waals surface area contributed by atoms with E-state index in [9.17, 15) is 9.59 Å². The summed E-state index contributed by atoms with van der Waals surface area (Å²) in [5.41, 5.74) is 1.45. The Kier molecular flexibility index (Phi) is 5.90. The number of hydrogen-bond donors (Lipinski definition) is 1. The third kappa shape index (κ3) is 4.25. The van der Waals surface area contributed by atoms with Crippen LogP contribution in [-0.2, 0) is 14.3 Å². The van der Waals surface area contributed by atoms with Crippen LogP contribution in [0.4, 0.5) is 11.4 Å². The average molecular weight is 477 g/mol. The van der Waals surface area contributed by atoms with Gasteiger partial charge < -0.3 is 15.0 Å². The van der Waals surface area contributed by atoms with Crippen LogP contribution < -0.4 is 10.2 Å². The van der Waals surface area contributed by atoms with Crippen molar-refractivity contribution in [1.29, 1.82) is 0 Å². The van der Waals surface area contributed by atoms with Gasteiger partial charge in [-0.3, -0.25) is 9.59 Å². The Balaban J connectivity index is 1.31. The predicted molar refractivity (Wildman–Crippen MR) is 123 cm³/mol. The molecule has 6 heteroatoms. The van der Waals surface area contributed by atoms with E-state index in [1.165, 1.54) is 19.3 Å². The van der Waals surface area contributed by atoms with Crippen LogP contribution in [0, 0.1) is 17.3 Å². The Morgan fingerprint density at radius 1 is 1.17 bits per heavy atom. The van der Waals surface area contributed by atoms with Crippen molar-refractivity contribution in [1.82, 2.24) is 0 Å². The molecule has 0 radical (unpaired) electrons. The molecule has 4 aliphatic carbocycles. The zero-order chi connectivity index (χ0) is 21.5. The van der Waals surface area contributed by atoms with Gasteiger partial charge in [-0.25, -0.2) is 0 Å². The summed E-state index contributed by atoms with van der Waals surface area (Å²) >= 11 is 3.92. The van der Waals surface area contributed by atoms with Crippen molar-refractivity contribution in [3.63, 3.8) is 0 Å². The highest BCUT2D eigenvalue weighted by Crippen LogP contribution is 2.64. The van der Waals surface area contributed by atoms with Gasteiger partial charge in [-0.1, -0.05) is 15.9 Å². The van der Waals surface area contributed by atoms with Crippen molar-refractivity contribution in [3.05, 3.63) is 24.3 Å². The molecule has 0 aliphatic heterocycles. The standard InChI is InChI=1S/C24H33BrN2O3/c1-4-27(16(2)3)20-7-5-19(6-8-20)26-21(28)14-30-22(29)23-10-17-9-18(11-23)13-24(25,12-17)15-23/h5-8,16-18H,4,9-15H2,1-3H3,(H,26,28). The Morgan fingerprint density at radius 3 is 2.33 bits per heavy atom. The van der Waals surface area contributed by atoms with Crippen LogP contribution in [0.15, 0.2) is 24.3 Å². The van der Waals surface area contributed by atoms with E-state index < -0.39 is 5.41 Å². The van der Waals surface area contributed by atoms with Crippen LogP contribution in [-0.4, -0.2) is 35.4 Å². The van der Waals surface area contributed by atoms with Crippen molar-refractivity contribution in [2.75, 3.05) is 23.4 Å². The summed E-state index contributed by atoms with van der Waals surface area (Å²) in [6, 6.07) is 8.23. The minimum atomic E-state index is -0.393. The second-order valence-electron chi connectivity index (χ2n) is 9.94. The monoisotopic (exact) mass is 476 g/mol. The summed E-state index contributed by atoms with van der Waals surface area (Å²) < 4.78 is 5.64. The van der Waals surface area contributed by atoms with Gasteiger partial charge in [0.1, 0.15) is 0 Å². The number of carbonyl (C=O) groups is 2. The van der Waals surface area contributed by atoms with Crippen molar-refractivity contribution >= 4 is 39.2 Å². The van der Waals surface area contributed by atoms with Gasteiger partial charge in [0, 0.05) is 28.3 Å². The van der Waals surface area contributed by atoms with Crippen molar-refractivity contribution in [2.45, 2.75) is 69.7 Å². The van der Waals surface area contributed by atoms with Crippen molar-refractivity contribution in [2.24, 2.45) is 17.3 Å². The van der Waals surface area contributed by atoms with E-state index in [1.807, 2.05) is 24.3 Å². The number of nitrogens with one attached hydrogen (secondary N) is 1. The number of benzene rings is 1. The number of ether oxygens (including phenoxy) is 1. The topological polar surface area (TPSA) is 58.6 Å². The molecular formula is C24H33BrN2O3. The molecular weight excluding hydrogens is 444 g/mol. The van der Waals surface area contributed by atoms with Crippen LogP contribution in [0.2, 0.25) is 0 Å². The predicted octanol–water partition coefficient (Wildman–Crippen LogP) is 5.14. The molecule has 1 aromatic rings. The molecule has 1 aromatic carbocycles. The molecule has 4 aliphatic rings. The van der Waals surface area contributed by atoms with Crippen molar-refractivity contribution in [3.8, 4) is 0 Å². The zero-order valence-electron chi connectivity index (χ0n) is 18.2.